The standard InChI is InChI=1S/C29H36N4O7S/c1-6-18-15-29(18,26(35)32-41(37,38)20-10-11-20)31-24(34)23-14-19(16-33(23)27(36)40-28(3,4)5)39-25-22-9-7-8-17(2)21(22)12-13-30-25/h6-9,12-13,18-20,23H,1,10-11,14-16H2,2-5H3,(H,31,34)(H,32,35)/t18-,19-,23+,29-/m1/s1. The molecule has 2 heterocycles. The molecule has 0 spiro atoms. The molecule has 2 aliphatic carbocycles. The molecule has 1 saturated heterocycles. The molecule has 2 aromatic rings. The normalized spacial score (nSPS) is 25.9. The summed E-state index contributed by atoms with van der Waals surface area (Å²) in [5.74, 6) is -1.47. The predicted molar refractivity (Wildman–Crippen MR) is 152 cm³/mol. The number of amides is 3. The first-order valence-corrected chi connectivity index (χ1v) is 15.3. The van der Waals surface area contributed by atoms with Crippen molar-refractivity contribution in [1.82, 2.24) is 19.9 Å². The lowest BCUT2D eigenvalue weighted by atomic mass is 10.1. The summed E-state index contributed by atoms with van der Waals surface area (Å²) >= 11 is 0. The van der Waals surface area contributed by atoms with Gasteiger partial charge in [-0.05, 0) is 70.0 Å². The largest absolute Gasteiger partial charge is 0.472 e. The molecule has 3 aliphatic rings. The molecule has 3 fully saturated rings. The van der Waals surface area contributed by atoms with Crippen LogP contribution in [-0.4, -0.2) is 71.3 Å². The first-order chi connectivity index (χ1) is 19.2. The van der Waals surface area contributed by atoms with Crippen molar-refractivity contribution in [3.63, 3.8) is 0 Å². The summed E-state index contributed by atoms with van der Waals surface area (Å²) in [4.78, 5) is 45.8. The maximum Gasteiger partial charge on any atom is 0.411 e. The summed E-state index contributed by atoms with van der Waals surface area (Å²) in [5.41, 5.74) is -1.22. The first-order valence-electron chi connectivity index (χ1n) is 13.8. The number of aryl methyl sites for hydroxylation is 1. The summed E-state index contributed by atoms with van der Waals surface area (Å²) < 4.78 is 38.9. The fourth-order valence-corrected chi connectivity index (χ4v) is 6.63. The first kappa shape index (κ1) is 28.8. The van der Waals surface area contributed by atoms with Gasteiger partial charge in [0.05, 0.1) is 11.8 Å². The Kier molecular flexibility index (Phi) is 7.25. The number of likely N-dealkylation sites (tertiary alicyclic amines) is 1. The highest BCUT2D eigenvalue weighted by Gasteiger charge is 2.62. The SMILES string of the molecule is C=C[C@@H]1C[C@]1(NC(=O)[C@@H]1C[C@@H](Oc2nccc3c(C)cccc23)CN1C(=O)OC(C)(C)C)C(=O)NS(=O)(=O)C1CC1. The van der Waals surface area contributed by atoms with Gasteiger partial charge in [0, 0.05) is 23.9 Å². The number of nitrogens with zero attached hydrogens (tertiary/aromatic N) is 2. The minimum Gasteiger partial charge on any atom is -0.472 e. The second-order valence-corrected chi connectivity index (χ2v) is 14.1. The van der Waals surface area contributed by atoms with E-state index in [0.29, 0.717) is 18.7 Å². The van der Waals surface area contributed by atoms with Gasteiger partial charge in [0.1, 0.15) is 23.3 Å². The van der Waals surface area contributed by atoms with E-state index in [4.69, 9.17) is 9.47 Å². The van der Waals surface area contributed by atoms with Gasteiger partial charge < -0.3 is 14.8 Å². The lowest BCUT2D eigenvalue weighted by Gasteiger charge is -2.29. The molecule has 3 amide bonds. The lowest BCUT2D eigenvalue weighted by molar-refractivity contribution is -0.131. The number of hydrogen-bond donors (Lipinski definition) is 2. The van der Waals surface area contributed by atoms with Crippen LogP contribution in [0.4, 0.5) is 4.79 Å². The molecule has 0 unspecified atom stereocenters. The third-order valence-corrected chi connectivity index (χ3v) is 9.53. The van der Waals surface area contributed by atoms with Gasteiger partial charge in [-0.2, -0.15) is 0 Å². The summed E-state index contributed by atoms with van der Waals surface area (Å²) in [6.45, 7) is 11.0. The number of nitrogens with one attached hydrogen (secondary N) is 2. The average Bonchev–Trinajstić information content (AvgIpc) is 3.80. The van der Waals surface area contributed by atoms with E-state index in [9.17, 15) is 22.8 Å². The predicted octanol–water partition coefficient (Wildman–Crippen LogP) is 2.97. The molecule has 0 radical (unpaired) electrons. The van der Waals surface area contributed by atoms with Gasteiger partial charge >= 0.3 is 6.09 Å². The smallest absolute Gasteiger partial charge is 0.411 e. The van der Waals surface area contributed by atoms with E-state index in [-0.39, 0.29) is 19.4 Å². The number of aromatic nitrogens is 1. The zero-order chi connectivity index (χ0) is 29.7. The Morgan fingerprint density at radius 3 is 2.54 bits per heavy atom. The van der Waals surface area contributed by atoms with Crippen molar-refractivity contribution in [2.75, 3.05) is 6.54 Å². The van der Waals surface area contributed by atoms with Crippen molar-refractivity contribution in [1.29, 1.82) is 0 Å². The van der Waals surface area contributed by atoms with Crippen LogP contribution in [0.2, 0.25) is 0 Å². The summed E-state index contributed by atoms with van der Waals surface area (Å²) in [5, 5.41) is 3.95. The average molecular weight is 585 g/mol. The maximum atomic E-state index is 13.7. The van der Waals surface area contributed by atoms with E-state index in [0.717, 1.165) is 16.3 Å². The highest BCUT2D eigenvalue weighted by molar-refractivity contribution is 7.91. The summed E-state index contributed by atoms with van der Waals surface area (Å²) in [6, 6.07) is 6.67. The molecule has 1 aliphatic heterocycles. The van der Waals surface area contributed by atoms with Crippen molar-refractivity contribution in [2.45, 2.75) is 81.9 Å². The van der Waals surface area contributed by atoms with E-state index >= 15 is 0 Å². The number of sulfonamides is 1. The monoisotopic (exact) mass is 584 g/mol. The van der Waals surface area contributed by atoms with Crippen molar-refractivity contribution in [3.8, 4) is 5.88 Å². The molecule has 0 bridgehead atoms. The van der Waals surface area contributed by atoms with E-state index in [2.05, 4.69) is 21.6 Å². The van der Waals surface area contributed by atoms with Crippen molar-refractivity contribution in [2.24, 2.45) is 5.92 Å². The minimum absolute atomic E-state index is 0.0526. The Hall–Kier alpha value is -3.67. The lowest BCUT2D eigenvalue weighted by Crippen LogP contribution is -2.56. The van der Waals surface area contributed by atoms with Gasteiger partial charge in [-0.15, -0.1) is 6.58 Å². The number of ether oxygens (including phenoxy) is 2. The molecule has 4 atom stereocenters. The van der Waals surface area contributed by atoms with Gasteiger partial charge in [0.25, 0.3) is 5.91 Å². The summed E-state index contributed by atoms with van der Waals surface area (Å²) in [6.07, 6.45) is 3.18. The van der Waals surface area contributed by atoms with E-state index in [1.165, 1.54) is 11.0 Å². The van der Waals surface area contributed by atoms with E-state index in [1.807, 2.05) is 31.2 Å². The van der Waals surface area contributed by atoms with Crippen LogP contribution in [0.15, 0.2) is 43.1 Å². The fraction of sp³-hybridized carbons (Fsp3) is 0.517. The van der Waals surface area contributed by atoms with Crippen molar-refractivity contribution >= 4 is 38.7 Å². The molecule has 2 N–H and O–H groups in total. The van der Waals surface area contributed by atoms with E-state index < -0.39 is 62.4 Å². The van der Waals surface area contributed by atoms with Crippen LogP contribution in [0.5, 0.6) is 5.88 Å². The Morgan fingerprint density at radius 1 is 1.17 bits per heavy atom. The fourth-order valence-electron chi connectivity index (χ4n) is 5.26. The Labute approximate surface area is 239 Å². The number of pyridine rings is 1. The zero-order valence-electron chi connectivity index (χ0n) is 23.7. The molecule has 5 rings (SSSR count). The molecular formula is C29H36N4O7S. The third-order valence-electron chi connectivity index (χ3n) is 7.71. The van der Waals surface area contributed by atoms with Gasteiger partial charge in [-0.1, -0.05) is 18.2 Å². The zero-order valence-corrected chi connectivity index (χ0v) is 24.5. The highest BCUT2D eigenvalue weighted by Crippen LogP contribution is 2.45. The minimum atomic E-state index is -3.82. The van der Waals surface area contributed by atoms with Crippen molar-refractivity contribution in [3.05, 3.63) is 48.7 Å². The van der Waals surface area contributed by atoms with Crippen LogP contribution in [0.1, 0.15) is 52.0 Å². The Bertz CT molecular complexity index is 1510. The van der Waals surface area contributed by atoms with Crippen molar-refractivity contribution < 1.29 is 32.3 Å². The maximum absolute atomic E-state index is 13.7. The van der Waals surface area contributed by atoms with Crippen LogP contribution in [-0.2, 0) is 24.3 Å². The quantitative estimate of drug-likeness (QED) is 0.451. The van der Waals surface area contributed by atoms with Gasteiger partial charge in [0.2, 0.25) is 21.8 Å². The van der Waals surface area contributed by atoms with Crippen LogP contribution >= 0.6 is 0 Å². The van der Waals surface area contributed by atoms with E-state index in [1.54, 1.807) is 27.0 Å². The molecule has 11 nitrogen and oxygen atoms in total. The van der Waals surface area contributed by atoms with Gasteiger partial charge in [-0.25, -0.2) is 18.2 Å². The Morgan fingerprint density at radius 2 is 1.90 bits per heavy atom. The van der Waals surface area contributed by atoms with Gasteiger partial charge in [-0.3, -0.25) is 19.2 Å². The number of rotatable bonds is 8. The molecule has 1 aromatic heterocycles. The number of carbonyl (C=O) groups excluding carboxylic acids is 3. The second-order valence-electron chi connectivity index (χ2n) is 12.1. The molecule has 12 heteroatoms. The van der Waals surface area contributed by atoms with Crippen LogP contribution in [0.3, 0.4) is 0 Å². The molecular weight excluding hydrogens is 548 g/mol. The second kappa shape index (κ2) is 10.3. The Balaban J connectivity index is 1.38. The number of benzene rings is 1. The van der Waals surface area contributed by atoms with Crippen LogP contribution in [0.25, 0.3) is 10.8 Å². The van der Waals surface area contributed by atoms with Crippen LogP contribution in [0, 0.1) is 12.8 Å². The van der Waals surface area contributed by atoms with Gasteiger partial charge in [0.15, 0.2) is 0 Å². The highest BCUT2D eigenvalue weighted by atomic mass is 32.2. The number of fused-ring (bicyclic) bond motifs is 1. The van der Waals surface area contributed by atoms with Crippen LogP contribution < -0.4 is 14.8 Å². The third kappa shape index (κ3) is 5.88. The number of carbonyl (C=O) groups is 3. The topological polar surface area (TPSA) is 144 Å². The summed E-state index contributed by atoms with van der Waals surface area (Å²) in [7, 11) is -3.82. The number of hydrogen-bond acceptors (Lipinski definition) is 8. The molecule has 1 aromatic carbocycles. The molecule has 220 valence electrons. The molecule has 2 saturated carbocycles. The molecule has 41 heavy (non-hydrogen) atoms.